The van der Waals surface area contributed by atoms with Crippen LogP contribution in [0.3, 0.4) is 0 Å². The Bertz CT molecular complexity index is 579. The highest BCUT2D eigenvalue weighted by molar-refractivity contribution is 5.32. The fourth-order valence-corrected chi connectivity index (χ4v) is 3.56. The molecule has 0 saturated carbocycles. The van der Waals surface area contributed by atoms with Crippen LogP contribution in [0.15, 0.2) is 66.9 Å². The summed E-state index contributed by atoms with van der Waals surface area (Å²) in [4.78, 5) is 4.54. The molecule has 114 valence electrons. The molecular formula is C20H23NO. The summed E-state index contributed by atoms with van der Waals surface area (Å²) in [6.45, 7) is 1.98. The number of rotatable bonds is 4. The fourth-order valence-electron chi connectivity index (χ4n) is 3.56. The molecule has 0 saturated heterocycles. The Morgan fingerprint density at radius 2 is 1.86 bits per heavy atom. The number of benzene rings is 1. The van der Waals surface area contributed by atoms with Gasteiger partial charge >= 0.3 is 0 Å². The molecule has 0 amide bonds. The van der Waals surface area contributed by atoms with Crippen LogP contribution >= 0.6 is 0 Å². The van der Waals surface area contributed by atoms with Gasteiger partial charge in [0.25, 0.3) is 0 Å². The first kappa shape index (κ1) is 15.0. The zero-order chi connectivity index (χ0) is 15.4. The standard InChI is InChI=1S/C20H23NO/c1-20(22,17-12-6-3-7-13-17)19(16-10-4-2-5-11-16)18-14-8-9-15-21-18/h2-6,8-11,14-15,17,19,22H,7,12-13H2,1H3/t17-,19-,20+/m1/s1. The second-order valence-electron chi connectivity index (χ2n) is 6.31. The Morgan fingerprint density at radius 3 is 2.50 bits per heavy atom. The summed E-state index contributed by atoms with van der Waals surface area (Å²) in [6, 6.07) is 16.2. The molecule has 0 spiro atoms. The summed E-state index contributed by atoms with van der Waals surface area (Å²) in [5, 5.41) is 11.4. The molecule has 2 aromatic rings. The van der Waals surface area contributed by atoms with Crippen LogP contribution < -0.4 is 0 Å². The third-order valence-corrected chi connectivity index (χ3v) is 4.80. The van der Waals surface area contributed by atoms with E-state index < -0.39 is 5.60 Å². The SMILES string of the molecule is C[C@](O)([C@@H]1CC=CCC1)[C@H](c1ccccc1)c1ccccn1. The van der Waals surface area contributed by atoms with E-state index in [1.165, 1.54) is 0 Å². The van der Waals surface area contributed by atoms with Gasteiger partial charge in [-0.1, -0.05) is 48.6 Å². The van der Waals surface area contributed by atoms with Gasteiger partial charge in [-0.25, -0.2) is 0 Å². The lowest BCUT2D eigenvalue weighted by Crippen LogP contribution is -2.42. The van der Waals surface area contributed by atoms with E-state index in [1.807, 2.05) is 49.5 Å². The lowest BCUT2D eigenvalue weighted by molar-refractivity contribution is -0.0206. The first-order valence-corrected chi connectivity index (χ1v) is 8.03. The van der Waals surface area contributed by atoms with Gasteiger partial charge in [-0.3, -0.25) is 4.98 Å². The molecule has 0 fully saturated rings. The molecule has 22 heavy (non-hydrogen) atoms. The predicted molar refractivity (Wildman–Crippen MR) is 89.6 cm³/mol. The first-order valence-electron chi connectivity index (χ1n) is 8.03. The van der Waals surface area contributed by atoms with Gasteiger partial charge < -0.3 is 5.11 Å². The summed E-state index contributed by atoms with van der Waals surface area (Å²) in [7, 11) is 0. The monoisotopic (exact) mass is 293 g/mol. The number of aromatic nitrogens is 1. The largest absolute Gasteiger partial charge is 0.389 e. The van der Waals surface area contributed by atoms with Crippen molar-refractivity contribution in [2.45, 2.75) is 37.7 Å². The highest BCUT2D eigenvalue weighted by Gasteiger charge is 2.41. The number of hydrogen-bond donors (Lipinski definition) is 1. The number of aliphatic hydroxyl groups is 1. The van der Waals surface area contributed by atoms with E-state index in [2.05, 4.69) is 29.3 Å². The second-order valence-corrected chi connectivity index (χ2v) is 6.31. The van der Waals surface area contributed by atoms with E-state index in [9.17, 15) is 5.11 Å². The van der Waals surface area contributed by atoms with Crippen LogP contribution in [-0.4, -0.2) is 15.7 Å². The molecule has 0 aliphatic heterocycles. The summed E-state index contributed by atoms with van der Waals surface area (Å²) in [5.41, 5.74) is 1.24. The maximum absolute atomic E-state index is 11.4. The van der Waals surface area contributed by atoms with Crippen LogP contribution in [0.1, 0.15) is 43.4 Å². The Labute approximate surface area is 132 Å². The van der Waals surface area contributed by atoms with Crippen molar-refractivity contribution >= 4 is 0 Å². The third-order valence-electron chi connectivity index (χ3n) is 4.80. The molecule has 3 atom stereocenters. The molecule has 1 heterocycles. The van der Waals surface area contributed by atoms with Crippen molar-refractivity contribution in [1.82, 2.24) is 4.98 Å². The molecule has 0 unspecified atom stereocenters. The molecule has 0 bridgehead atoms. The van der Waals surface area contributed by atoms with Gasteiger partial charge in [0.15, 0.2) is 0 Å². The Balaban J connectivity index is 2.03. The number of allylic oxidation sites excluding steroid dienone is 2. The number of pyridine rings is 1. The van der Waals surface area contributed by atoms with E-state index in [0.717, 1.165) is 30.5 Å². The van der Waals surface area contributed by atoms with Gasteiger partial charge in [0, 0.05) is 6.20 Å². The smallest absolute Gasteiger partial charge is 0.0774 e. The van der Waals surface area contributed by atoms with Crippen molar-refractivity contribution in [2.75, 3.05) is 0 Å². The molecule has 2 heteroatoms. The molecular weight excluding hydrogens is 270 g/mol. The van der Waals surface area contributed by atoms with Gasteiger partial charge in [0.05, 0.1) is 17.2 Å². The molecule has 0 radical (unpaired) electrons. The average molecular weight is 293 g/mol. The topological polar surface area (TPSA) is 33.1 Å². The van der Waals surface area contributed by atoms with E-state index in [0.29, 0.717) is 0 Å². The van der Waals surface area contributed by atoms with Crippen LogP contribution in [0.5, 0.6) is 0 Å². The van der Waals surface area contributed by atoms with Gasteiger partial charge in [-0.2, -0.15) is 0 Å². The maximum Gasteiger partial charge on any atom is 0.0774 e. The van der Waals surface area contributed by atoms with E-state index >= 15 is 0 Å². The average Bonchev–Trinajstić information content (AvgIpc) is 2.58. The number of hydrogen-bond acceptors (Lipinski definition) is 2. The molecule has 1 aromatic carbocycles. The fraction of sp³-hybridized carbons (Fsp3) is 0.350. The van der Waals surface area contributed by atoms with Crippen LogP contribution in [0.25, 0.3) is 0 Å². The lowest BCUT2D eigenvalue weighted by atomic mass is 9.69. The van der Waals surface area contributed by atoms with Crippen LogP contribution in [0.4, 0.5) is 0 Å². The quantitative estimate of drug-likeness (QED) is 0.852. The third kappa shape index (κ3) is 2.97. The molecule has 2 nitrogen and oxygen atoms in total. The Morgan fingerprint density at radius 1 is 1.09 bits per heavy atom. The molecule has 1 N–H and O–H groups in total. The van der Waals surface area contributed by atoms with Crippen molar-refractivity contribution < 1.29 is 5.11 Å². The predicted octanol–water partition coefficient (Wildman–Crippen LogP) is 4.32. The van der Waals surface area contributed by atoms with Crippen LogP contribution in [0, 0.1) is 5.92 Å². The minimum Gasteiger partial charge on any atom is -0.389 e. The highest BCUT2D eigenvalue weighted by atomic mass is 16.3. The zero-order valence-electron chi connectivity index (χ0n) is 13.0. The zero-order valence-corrected chi connectivity index (χ0v) is 13.0. The molecule has 1 aliphatic carbocycles. The lowest BCUT2D eigenvalue weighted by Gasteiger charge is -2.40. The first-order chi connectivity index (χ1) is 10.7. The van der Waals surface area contributed by atoms with E-state index in [4.69, 9.17) is 0 Å². The number of nitrogens with zero attached hydrogens (tertiary/aromatic N) is 1. The minimum absolute atomic E-state index is 0.105. The van der Waals surface area contributed by atoms with Crippen molar-refractivity contribution in [1.29, 1.82) is 0 Å². The molecule has 1 aliphatic rings. The van der Waals surface area contributed by atoms with Crippen LogP contribution in [-0.2, 0) is 0 Å². The molecule has 1 aromatic heterocycles. The molecule has 3 rings (SSSR count). The van der Waals surface area contributed by atoms with Crippen molar-refractivity contribution in [2.24, 2.45) is 5.92 Å². The van der Waals surface area contributed by atoms with E-state index in [1.54, 1.807) is 0 Å². The van der Waals surface area contributed by atoms with Gasteiger partial charge in [-0.15, -0.1) is 0 Å². The van der Waals surface area contributed by atoms with Crippen LogP contribution in [0.2, 0.25) is 0 Å². The Hall–Kier alpha value is -1.93. The maximum atomic E-state index is 11.4. The normalized spacial score (nSPS) is 22.0. The summed E-state index contributed by atoms with van der Waals surface area (Å²) in [6.07, 6.45) is 9.23. The summed E-state index contributed by atoms with van der Waals surface area (Å²) in [5.74, 6) is 0.149. The highest BCUT2D eigenvalue weighted by Crippen LogP contribution is 2.42. The second kappa shape index (κ2) is 6.45. The van der Waals surface area contributed by atoms with Gasteiger partial charge in [-0.05, 0) is 49.8 Å². The van der Waals surface area contributed by atoms with Crippen molar-refractivity contribution in [3.05, 3.63) is 78.1 Å². The van der Waals surface area contributed by atoms with Crippen molar-refractivity contribution in [3.63, 3.8) is 0 Å². The summed E-state index contributed by atoms with van der Waals surface area (Å²) < 4.78 is 0. The summed E-state index contributed by atoms with van der Waals surface area (Å²) >= 11 is 0. The minimum atomic E-state index is -0.819. The van der Waals surface area contributed by atoms with E-state index in [-0.39, 0.29) is 11.8 Å². The van der Waals surface area contributed by atoms with Gasteiger partial charge in [0.1, 0.15) is 0 Å². The van der Waals surface area contributed by atoms with Gasteiger partial charge in [0.2, 0.25) is 0 Å². The van der Waals surface area contributed by atoms with Crippen molar-refractivity contribution in [3.8, 4) is 0 Å². The Kier molecular flexibility index (Phi) is 4.39.